The fourth-order valence-electron chi connectivity index (χ4n) is 2.32. The van der Waals surface area contributed by atoms with Gasteiger partial charge in [-0.25, -0.2) is 14.6 Å². The largest absolute Gasteiger partial charge is 0.463 e. The molecule has 1 fully saturated rings. The van der Waals surface area contributed by atoms with E-state index in [1.54, 1.807) is 0 Å². The lowest BCUT2D eigenvalue weighted by Crippen LogP contribution is -2.37. The Morgan fingerprint density at radius 2 is 2.31 bits per heavy atom. The molecule has 1 unspecified atom stereocenters. The number of hydrogen-bond donors (Lipinski definition) is 0. The van der Waals surface area contributed by atoms with Gasteiger partial charge >= 0.3 is 5.97 Å². The van der Waals surface area contributed by atoms with Crippen molar-refractivity contribution in [3.05, 3.63) is 11.6 Å². The minimum Gasteiger partial charge on any atom is -0.463 e. The van der Waals surface area contributed by atoms with Gasteiger partial charge in [-0.15, -0.1) is 0 Å². The molecular formula is C12H18O4. The minimum absolute atomic E-state index is 0.212. The second-order valence-corrected chi connectivity index (χ2v) is 4.32. The third-order valence-electron chi connectivity index (χ3n) is 3.07. The van der Waals surface area contributed by atoms with E-state index in [9.17, 15) is 4.79 Å². The molecule has 0 bridgehead atoms. The monoisotopic (exact) mass is 226 g/mol. The smallest absolute Gasteiger partial charge is 0.333 e. The second-order valence-electron chi connectivity index (χ2n) is 4.32. The molecule has 2 aliphatic rings. The van der Waals surface area contributed by atoms with Crippen molar-refractivity contribution >= 4 is 5.97 Å². The van der Waals surface area contributed by atoms with Crippen molar-refractivity contribution in [3.63, 3.8) is 0 Å². The summed E-state index contributed by atoms with van der Waals surface area (Å²) in [4.78, 5) is 22.1. The SMILES string of the molecule is CCOC(=O)C1=CC2(CCCOO2)CCC1. The molecule has 2 rings (SSSR count). The van der Waals surface area contributed by atoms with Crippen molar-refractivity contribution in [3.8, 4) is 0 Å². The number of ether oxygens (including phenoxy) is 1. The van der Waals surface area contributed by atoms with Gasteiger partial charge in [0.05, 0.1) is 13.2 Å². The Labute approximate surface area is 95.5 Å². The molecular weight excluding hydrogens is 208 g/mol. The molecule has 1 aliphatic heterocycles. The lowest BCUT2D eigenvalue weighted by Gasteiger charge is -2.36. The van der Waals surface area contributed by atoms with Crippen molar-refractivity contribution in [2.75, 3.05) is 13.2 Å². The molecule has 0 aromatic heterocycles. The van der Waals surface area contributed by atoms with Gasteiger partial charge in [0.25, 0.3) is 0 Å². The van der Waals surface area contributed by atoms with E-state index in [4.69, 9.17) is 14.5 Å². The van der Waals surface area contributed by atoms with Crippen LogP contribution in [0.15, 0.2) is 11.6 Å². The first-order valence-electron chi connectivity index (χ1n) is 5.95. The molecule has 1 spiro atoms. The number of carbonyl (C=O) groups is 1. The van der Waals surface area contributed by atoms with Gasteiger partial charge in [0.15, 0.2) is 0 Å². The van der Waals surface area contributed by atoms with Gasteiger partial charge in [0.2, 0.25) is 0 Å². The molecule has 4 nitrogen and oxygen atoms in total. The summed E-state index contributed by atoms with van der Waals surface area (Å²) in [5.41, 5.74) is 0.358. The predicted octanol–water partition coefficient (Wildman–Crippen LogP) is 2.14. The zero-order chi connectivity index (χ0) is 11.4. The topological polar surface area (TPSA) is 44.8 Å². The van der Waals surface area contributed by atoms with E-state index < -0.39 is 0 Å². The maximum Gasteiger partial charge on any atom is 0.333 e. The van der Waals surface area contributed by atoms with Gasteiger partial charge in [-0.2, -0.15) is 0 Å². The lowest BCUT2D eigenvalue weighted by molar-refractivity contribution is -0.372. The van der Waals surface area contributed by atoms with E-state index in [1.165, 1.54) is 0 Å². The predicted molar refractivity (Wildman–Crippen MR) is 57.6 cm³/mol. The average Bonchev–Trinajstić information content (AvgIpc) is 2.30. The Bertz CT molecular complexity index is 289. The number of carbonyl (C=O) groups excluding carboxylic acids is 1. The number of hydrogen-bond acceptors (Lipinski definition) is 4. The van der Waals surface area contributed by atoms with Crippen LogP contribution in [0.3, 0.4) is 0 Å². The summed E-state index contributed by atoms with van der Waals surface area (Å²) in [6.45, 7) is 2.88. The molecule has 16 heavy (non-hydrogen) atoms. The van der Waals surface area contributed by atoms with E-state index in [-0.39, 0.29) is 11.6 Å². The highest BCUT2D eigenvalue weighted by atomic mass is 17.2. The van der Waals surface area contributed by atoms with Crippen LogP contribution < -0.4 is 0 Å². The van der Waals surface area contributed by atoms with E-state index in [0.717, 1.165) is 37.7 Å². The van der Waals surface area contributed by atoms with Gasteiger partial charge in [-0.1, -0.05) is 0 Å². The van der Waals surface area contributed by atoms with E-state index >= 15 is 0 Å². The molecule has 90 valence electrons. The maximum atomic E-state index is 11.6. The van der Waals surface area contributed by atoms with E-state index in [0.29, 0.717) is 13.2 Å². The summed E-state index contributed by atoms with van der Waals surface area (Å²) < 4.78 is 5.01. The molecule has 0 aromatic rings. The van der Waals surface area contributed by atoms with Crippen LogP contribution in [0.5, 0.6) is 0 Å². The van der Waals surface area contributed by atoms with Crippen LogP contribution in [0.25, 0.3) is 0 Å². The summed E-state index contributed by atoms with van der Waals surface area (Å²) in [6.07, 6.45) is 6.48. The standard InChI is InChI=1S/C12H18O4/c1-2-14-11(13)10-5-3-6-12(9-10)7-4-8-15-16-12/h9H,2-8H2,1H3. The zero-order valence-electron chi connectivity index (χ0n) is 9.66. The van der Waals surface area contributed by atoms with Gasteiger partial charge in [0.1, 0.15) is 5.60 Å². The van der Waals surface area contributed by atoms with Crippen molar-refractivity contribution in [1.29, 1.82) is 0 Å². The fourth-order valence-corrected chi connectivity index (χ4v) is 2.32. The molecule has 4 heteroatoms. The molecule has 0 radical (unpaired) electrons. The summed E-state index contributed by atoms with van der Waals surface area (Å²) in [5.74, 6) is -0.212. The molecule has 1 atom stereocenters. The maximum absolute atomic E-state index is 11.6. The fraction of sp³-hybridized carbons (Fsp3) is 0.750. The Hall–Kier alpha value is -0.870. The van der Waals surface area contributed by atoms with Crippen LogP contribution in [0, 0.1) is 0 Å². The van der Waals surface area contributed by atoms with Crippen molar-refractivity contribution in [2.24, 2.45) is 0 Å². The lowest BCUT2D eigenvalue weighted by atomic mass is 9.83. The van der Waals surface area contributed by atoms with Crippen LogP contribution in [0.2, 0.25) is 0 Å². The average molecular weight is 226 g/mol. The summed E-state index contributed by atoms with van der Waals surface area (Å²) in [5, 5.41) is 0. The van der Waals surface area contributed by atoms with Crippen molar-refractivity contribution in [2.45, 2.75) is 44.6 Å². The second kappa shape index (κ2) is 4.97. The first-order valence-corrected chi connectivity index (χ1v) is 5.95. The quantitative estimate of drug-likeness (QED) is 0.534. The summed E-state index contributed by atoms with van der Waals surface area (Å²) >= 11 is 0. The third-order valence-corrected chi connectivity index (χ3v) is 3.07. The first kappa shape index (κ1) is 11.6. The van der Waals surface area contributed by atoms with Gasteiger partial charge in [0, 0.05) is 5.57 Å². The van der Waals surface area contributed by atoms with Crippen LogP contribution in [-0.2, 0) is 19.3 Å². The van der Waals surface area contributed by atoms with Crippen molar-refractivity contribution < 1.29 is 19.3 Å². The highest BCUT2D eigenvalue weighted by molar-refractivity contribution is 5.88. The Kier molecular flexibility index (Phi) is 3.61. The minimum atomic E-state index is -0.376. The third kappa shape index (κ3) is 2.44. The van der Waals surface area contributed by atoms with Crippen LogP contribution >= 0.6 is 0 Å². The van der Waals surface area contributed by atoms with Gasteiger partial charge < -0.3 is 4.74 Å². The molecule has 1 saturated heterocycles. The van der Waals surface area contributed by atoms with Crippen molar-refractivity contribution in [1.82, 2.24) is 0 Å². The molecule has 1 aliphatic carbocycles. The summed E-state index contributed by atoms with van der Waals surface area (Å²) in [6, 6.07) is 0. The molecule has 0 aromatic carbocycles. The molecule has 1 heterocycles. The Balaban J connectivity index is 2.10. The highest BCUT2D eigenvalue weighted by Gasteiger charge is 2.36. The highest BCUT2D eigenvalue weighted by Crippen LogP contribution is 2.36. The number of esters is 1. The molecule has 0 saturated carbocycles. The van der Waals surface area contributed by atoms with Crippen LogP contribution in [-0.4, -0.2) is 24.8 Å². The van der Waals surface area contributed by atoms with E-state index in [1.807, 2.05) is 13.0 Å². The number of rotatable bonds is 2. The van der Waals surface area contributed by atoms with Gasteiger partial charge in [-0.05, 0) is 45.1 Å². The first-order chi connectivity index (χ1) is 7.76. The van der Waals surface area contributed by atoms with Crippen LogP contribution in [0.4, 0.5) is 0 Å². The Morgan fingerprint density at radius 3 is 3.00 bits per heavy atom. The molecule has 0 N–H and O–H groups in total. The van der Waals surface area contributed by atoms with Crippen LogP contribution in [0.1, 0.15) is 39.0 Å². The zero-order valence-corrected chi connectivity index (χ0v) is 9.66. The van der Waals surface area contributed by atoms with E-state index in [2.05, 4.69) is 0 Å². The normalized spacial score (nSPS) is 29.9. The molecule has 0 amide bonds. The Morgan fingerprint density at radius 1 is 1.50 bits per heavy atom. The van der Waals surface area contributed by atoms with Gasteiger partial charge in [-0.3, -0.25) is 0 Å². The summed E-state index contributed by atoms with van der Waals surface area (Å²) in [7, 11) is 0.